The summed E-state index contributed by atoms with van der Waals surface area (Å²) in [5.74, 6) is -0.243. The molecule has 0 bridgehead atoms. The van der Waals surface area contributed by atoms with Gasteiger partial charge in [0.15, 0.2) is 0 Å². The molecule has 2 nitrogen and oxygen atoms in total. The Morgan fingerprint density at radius 3 is 2.54 bits per heavy atom. The summed E-state index contributed by atoms with van der Waals surface area (Å²) in [5.41, 5.74) is 1.11. The Kier molecular flexibility index (Phi) is 7.36. The first-order valence-electron chi connectivity index (χ1n) is 4.95. The molecule has 0 fully saturated rings. The van der Waals surface area contributed by atoms with Gasteiger partial charge in [0.2, 0.25) is 0 Å². The van der Waals surface area contributed by atoms with Gasteiger partial charge in [-0.25, -0.2) is 4.79 Å². The average Bonchev–Trinajstić information content (AvgIpc) is 2.12. The van der Waals surface area contributed by atoms with Crippen LogP contribution in [0.4, 0.5) is 0 Å². The molecule has 0 saturated carbocycles. The van der Waals surface area contributed by atoms with Gasteiger partial charge in [-0.2, -0.15) is 0 Å². The lowest BCUT2D eigenvalue weighted by atomic mass is 10.1. The summed E-state index contributed by atoms with van der Waals surface area (Å²) >= 11 is 0. The van der Waals surface area contributed by atoms with E-state index in [0.29, 0.717) is 0 Å². The van der Waals surface area contributed by atoms with Crippen LogP contribution in [0, 0.1) is 0 Å². The fraction of sp³-hybridized carbons (Fsp3) is 0.727. The molecule has 0 aromatic rings. The van der Waals surface area contributed by atoms with E-state index in [1.807, 2.05) is 6.92 Å². The normalized spacial score (nSPS) is 11.5. The van der Waals surface area contributed by atoms with Crippen LogP contribution in [0.25, 0.3) is 0 Å². The fourth-order valence-electron chi connectivity index (χ4n) is 1.16. The number of esters is 1. The minimum atomic E-state index is -0.243. The molecule has 0 amide bonds. The zero-order valence-corrected chi connectivity index (χ0v) is 8.93. The summed E-state index contributed by atoms with van der Waals surface area (Å²) in [6, 6.07) is 0. The monoisotopic (exact) mass is 184 g/mol. The second-order valence-electron chi connectivity index (χ2n) is 3.32. The van der Waals surface area contributed by atoms with Crippen molar-refractivity contribution >= 4 is 5.97 Å². The van der Waals surface area contributed by atoms with Gasteiger partial charge in [0.25, 0.3) is 0 Å². The Labute approximate surface area is 81.0 Å². The van der Waals surface area contributed by atoms with Gasteiger partial charge in [0.05, 0.1) is 7.11 Å². The van der Waals surface area contributed by atoms with Crippen molar-refractivity contribution in [1.82, 2.24) is 0 Å². The van der Waals surface area contributed by atoms with Gasteiger partial charge in [0.1, 0.15) is 0 Å². The predicted molar refractivity (Wildman–Crippen MR) is 54.5 cm³/mol. The molecule has 0 aromatic carbocycles. The number of hydrogen-bond donors (Lipinski definition) is 0. The van der Waals surface area contributed by atoms with E-state index in [2.05, 4.69) is 11.7 Å². The minimum Gasteiger partial charge on any atom is -0.466 e. The van der Waals surface area contributed by atoms with Crippen LogP contribution in [0.15, 0.2) is 11.6 Å². The summed E-state index contributed by atoms with van der Waals surface area (Å²) < 4.78 is 4.53. The summed E-state index contributed by atoms with van der Waals surface area (Å²) in [5, 5.41) is 0. The highest BCUT2D eigenvalue weighted by Crippen LogP contribution is 2.09. The molecule has 0 atom stereocenters. The van der Waals surface area contributed by atoms with Crippen LogP contribution < -0.4 is 0 Å². The third kappa shape index (κ3) is 7.57. The molecule has 0 rings (SSSR count). The number of hydrogen-bond acceptors (Lipinski definition) is 2. The minimum absolute atomic E-state index is 0.243. The number of ether oxygens (including phenoxy) is 1. The average molecular weight is 184 g/mol. The first kappa shape index (κ1) is 12.2. The molecule has 2 heteroatoms. The second kappa shape index (κ2) is 7.84. The zero-order valence-electron chi connectivity index (χ0n) is 8.93. The maximum atomic E-state index is 10.8. The number of allylic oxidation sites excluding steroid dienone is 1. The molecule has 0 N–H and O–H groups in total. The SMILES string of the molecule is CCCCCCC(C)=CC(=O)OC. The number of unbranched alkanes of at least 4 members (excludes halogenated alkanes) is 3. The summed E-state index contributed by atoms with van der Waals surface area (Å²) in [7, 11) is 1.41. The van der Waals surface area contributed by atoms with Crippen molar-refractivity contribution in [1.29, 1.82) is 0 Å². The summed E-state index contributed by atoms with van der Waals surface area (Å²) in [6.07, 6.45) is 7.54. The second-order valence-corrected chi connectivity index (χ2v) is 3.32. The van der Waals surface area contributed by atoms with E-state index in [4.69, 9.17) is 0 Å². The summed E-state index contributed by atoms with van der Waals surface area (Å²) in [4.78, 5) is 10.8. The van der Waals surface area contributed by atoms with Gasteiger partial charge >= 0.3 is 5.97 Å². The van der Waals surface area contributed by atoms with Crippen molar-refractivity contribution < 1.29 is 9.53 Å². The molecule has 0 aliphatic carbocycles. The highest BCUT2D eigenvalue weighted by Gasteiger charge is 1.96. The predicted octanol–water partition coefficient (Wildman–Crippen LogP) is 3.08. The van der Waals surface area contributed by atoms with E-state index in [9.17, 15) is 4.79 Å². The van der Waals surface area contributed by atoms with E-state index in [1.54, 1.807) is 6.08 Å². The number of carbonyl (C=O) groups excluding carboxylic acids is 1. The van der Waals surface area contributed by atoms with Gasteiger partial charge < -0.3 is 4.74 Å². The van der Waals surface area contributed by atoms with Crippen LogP contribution in [0.1, 0.15) is 46.0 Å². The van der Waals surface area contributed by atoms with Gasteiger partial charge in [-0.15, -0.1) is 0 Å². The van der Waals surface area contributed by atoms with Crippen molar-refractivity contribution in [2.24, 2.45) is 0 Å². The molecule has 0 aromatic heterocycles. The largest absolute Gasteiger partial charge is 0.466 e. The van der Waals surface area contributed by atoms with Gasteiger partial charge in [-0.1, -0.05) is 31.8 Å². The lowest BCUT2D eigenvalue weighted by Gasteiger charge is -2.00. The van der Waals surface area contributed by atoms with E-state index in [0.717, 1.165) is 12.0 Å². The zero-order chi connectivity index (χ0) is 10.1. The van der Waals surface area contributed by atoms with Crippen LogP contribution in [0.3, 0.4) is 0 Å². The van der Waals surface area contributed by atoms with E-state index in [1.165, 1.54) is 32.8 Å². The molecule has 0 saturated heterocycles. The van der Waals surface area contributed by atoms with Gasteiger partial charge in [0, 0.05) is 6.08 Å². The molecule has 0 unspecified atom stereocenters. The van der Waals surface area contributed by atoms with Gasteiger partial charge in [-0.3, -0.25) is 0 Å². The standard InChI is InChI=1S/C11H20O2/c1-4-5-6-7-8-10(2)9-11(12)13-3/h9H,4-8H2,1-3H3. The van der Waals surface area contributed by atoms with E-state index >= 15 is 0 Å². The Morgan fingerprint density at radius 1 is 1.31 bits per heavy atom. The van der Waals surface area contributed by atoms with Crippen molar-refractivity contribution in [3.8, 4) is 0 Å². The van der Waals surface area contributed by atoms with Crippen LogP contribution >= 0.6 is 0 Å². The van der Waals surface area contributed by atoms with E-state index < -0.39 is 0 Å². The highest BCUT2D eigenvalue weighted by atomic mass is 16.5. The Morgan fingerprint density at radius 2 is 2.00 bits per heavy atom. The molecule has 0 spiro atoms. The summed E-state index contributed by atoms with van der Waals surface area (Å²) in [6.45, 7) is 4.17. The molecule has 0 heterocycles. The van der Waals surface area contributed by atoms with Gasteiger partial charge in [-0.05, 0) is 19.8 Å². The first-order valence-corrected chi connectivity index (χ1v) is 4.95. The third-order valence-electron chi connectivity index (χ3n) is 1.99. The van der Waals surface area contributed by atoms with Crippen molar-refractivity contribution in [3.63, 3.8) is 0 Å². The van der Waals surface area contributed by atoms with Crippen LogP contribution in [0.5, 0.6) is 0 Å². The van der Waals surface area contributed by atoms with Crippen LogP contribution in [-0.2, 0) is 9.53 Å². The maximum absolute atomic E-state index is 10.8. The molecule has 0 aliphatic heterocycles. The number of methoxy groups -OCH3 is 1. The molecule has 0 aliphatic rings. The fourth-order valence-corrected chi connectivity index (χ4v) is 1.16. The Balaban J connectivity index is 3.55. The molecule has 13 heavy (non-hydrogen) atoms. The quantitative estimate of drug-likeness (QED) is 0.360. The van der Waals surface area contributed by atoms with Crippen molar-refractivity contribution in [3.05, 3.63) is 11.6 Å². The first-order chi connectivity index (χ1) is 6.20. The molecule has 0 radical (unpaired) electrons. The Hall–Kier alpha value is -0.790. The number of rotatable bonds is 6. The van der Waals surface area contributed by atoms with Crippen LogP contribution in [-0.4, -0.2) is 13.1 Å². The van der Waals surface area contributed by atoms with Crippen molar-refractivity contribution in [2.75, 3.05) is 7.11 Å². The number of carbonyl (C=O) groups is 1. The molecular formula is C11H20O2. The lowest BCUT2D eigenvalue weighted by Crippen LogP contribution is -1.95. The molecular weight excluding hydrogens is 164 g/mol. The van der Waals surface area contributed by atoms with Crippen LogP contribution in [0.2, 0.25) is 0 Å². The third-order valence-corrected chi connectivity index (χ3v) is 1.99. The highest BCUT2D eigenvalue weighted by molar-refractivity contribution is 5.82. The smallest absolute Gasteiger partial charge is 0.330 e. The molecule has 76 valence electrons. The topological polar surface area (TPSA) is 26.3 Å². The van der Waals surface area contributed by atoms with E-state index in [-0.39, 0.29) is 5.97 Å². The van der Waals surface area contributed by atoms with Crippen molar-refractivity contribution in [2.45, 2.75) is 46.0 Å². The Bertz CT molecular complexity index is 171. The lowest BCUT2D eigenvalue weighted by molar-refractivity contribution is -0.134. The maximum Gasteiger partial charge on any atom is 0.330 e.